The molecule has 0 aliphatic heterocycles. The van der Waals surface area contributed by atoms with Crippen molar-refractivity contribution in [3.63, 3.8) is 0 Å². The van der Waals surface area contributed by atoms with Gasteiger partial charge in [-0.1, -0.05) is 27.5 Å². The Bertz CT molecular complexity index is 905. The van der Waals surface area contributed by atoms with Gasteiger partial charge in [0.15, 0.2) is 0 Å². The van der Waals surface area contributed by atoms with Crippen molar-refractivity contribution in [3.8, 4) is 0 Å². The summed E-state index contributed by atoms with van der Waals surface area (Å²) in [6.45, 7) is 1.78. The third-order valence-corrected chi connectivity index (χ3v) is 7.67. The summed E-state index contributed by atoms with van der Waals surface area (Å²) < 4.78 is 41.0. The van der Waals surface area contributed by atoms with E-state index >= 15 is 0 Å². The average molecular weight is 484 g/mol. The number of hydrogen-bond acceptors (Lipinski definition) is 4. The molecule has 0 bridgehead atoms. The van der Waals surface area contributed by atoms with Crippen molar-refractivity contribution in [2.24, 2.45) is 0 Å². The van der Waals surface area contributed by atoms with Gasteiger partial charge in [-0.25, -0.2) is 12.8 Å². The summed E-state index contributed by atoms with van der Waals surface area (Å²) in [5.74, 6) is -0.839. The predicted octanol–water partition coefficient (Wildman–Crippen LogP) is 3.97. The standard InChI is InChI=1S/C16H17BrClFN2O3S2/c1-3-21(9-11-8-12(17)4-5-13(11)19)15(22)10-20(2)26(23,24)16-7-6-14(18)25-16/h4-8H,3,9-10H2,1-2H3. The van der Waals surface area contributed by atoms with Crippen LogP contribution in [0.25, 0.3) is 0 Å². The molecule has 1 aromatic carbocycles. The molecule has 0 saturated carbocycles. The lowest BCUT2D eigenvalue weighted by molar-refractivity contribution is -0.131. The fourth-order valence-electron chi connectivity index (χ4n) is 2.21. The van der Waals surface area contributed by atoms with Crippen LogP contribution in [0.5, 0.6) is 0 Å². The molecule has 0 radical (unpaired) electrons. The van der Waals surface area contributed by atoms with Gasteiger partial charge in [0.1, 0.15) is 10.0 Å². The van der Waals surface area contributed by atoms with E-state index in [0.717, 1.165) is 15.6 Å². The minimum Gasteiger partial charge on any atom is -0.337 e. The minimum atomic E-state index is -3.80. The molecule has 0 atom stereocenters. The minimum absolute atomic E-state index is 0.0549. The zero-order valence-electron chi connectivity index (χ0n) is 14.1. The van der Waals surface area contributed by atoms with E-state index in [2.05, 4.69) is 15.9 Å². The molecular weight excluding hydrogens is 467 g/mol. The van der Waals surface area contributed by atoms with Crippen LogP contribution in [-0.4, -0.2) is 43.7 Å². The number of likely N-dealkylation sites (N-methyl/N-ethyl adjacent to an activating group) is 2. The maximum absolute atomic E-state index is 13.9. The largest absolute Gasteiger partial charge is 0.337 e. The monoisotopic (exact) mass is 482 g/mol. The average Bonchev–Trinajstić information content (AvgIpc) is 3.02. The summed E-state index contributed by atoms with van der Waals surface area (Å²) in [6.07, 6.45) is 0. The van der Waals surface area contributed by atoms with Crippen LogP contribution >= 0.6 is 38.9 Å². The number of sulfonamides is 1. The first-order chi connectivity index (χ1) is 12.1. The van der Waals surface area contributed by atoms with Gasteiger partial charge in [0.05, 0.1) is 10.9 Å². The first-order valence-electron chi connectivity index (χ1n) is 7.58. The topological polar surface area (TPSA) is 57.7 Å². The maximum Gasteiger partial charge on any atom is 0.252 e. The molecule has 1 aromatic heterocycles. The van der Waals surface area contributed by atoms with Crippen LogP contribution in [0.4, 0.5) is 4.39 Å². The molecule has 2 aromatic rings. The first kappa shape index (κ1) is 21.3. The van der Waals surface area contributed by atoms with E-state index in [0.29, 0.717) is 20.9 Å². The van der Waals surface area contributed by atoms with Crippen molar-refractivity contribution in [1.82, 2.24) is 9.21 Å². The van der Waals surface area contributed by atoms with Crippen molar-refractivity contribution >= 4 is 54.8 Å². The molecule has 2 rings (SSSR count). The lowest BCUT2D eigenvalue weighted by Crippen LogP contribution is -2.40. The third-order valence-electron chi connectivity index (χ3n) is 3.67. The zero-order chi connectivity index (χ0) is 19.5. The molecule has 0 fully saturated rings. The molecule has 0 saturated heterocycles. The third kappa shape index (κ3) is 5.04. The number of rotatable bonds is 7. The molecule has 142 valence electrons. The van der Waals surface area contributed by atoms with E-state index < -0.39 is 21.7 Å². The Morgan fingerprint density at radius 2 is 2.00 bits per heavy atom. The molecule has 0 unspecified atom stereocenters. The fraction of sp³-hybridized carbons (Fsp3) is 0.312. The molecule has 26 heavy (non-hydrogen) atoms. The zero-order valence-corrected chi connectivity index (χ0v) is 18.1. The van der Waals surface area contributed by atoms with E-state index in [1.165, 1.54) is 30.1 Å². The maximum atomic E-state index is 13.9. The number of carbonyl (C=O) groups excluding carboxylic acids is 1. The fourth-order valence-corrected chi connectivity index (χ4v) is 5.43. The Labute approximate surface area is 169 Å². The molecule has 0 aliphatic rings. The number of benzene rings is 1. The van der Waals surface area contributed by atoms with Crippen LogP contribution in [0, 0.1) is 5.82 Å². The quantitative estimate of drug-likeness (QED) is 0.599. The predicted molar refractivity (Wildman–Crippen MR) is 104 cm³/mol. The second-order valence-electron chi connectivity index (χ2n) is 5.46. The van der Waals surface area contributed by atoms with Gasteiger partial charge < -0.3 is 4.90 Å². The summed E-state index contributed by atoms with van der Waals surface area (Å²) in [4.78, 5) is 13.9. The van der Waals surface area contributed by atoms with Crippen molar-refractivity contribution in [2.45, 2.75) is 17.7 Å². The number of hydrogen-bond donors (Lipinski definition) is 0. The molecule has 10 heteroatoms. The molecule has 0 N–H and O–H groups in total. The SMILES string of the molecule is CCN(Cc1cc(Br)ccc1F)C(=O)CN(C)S(=O)(=O)c1ccc(Cl)s1. The van der Waals surface area contributed by atoms with Crippen LogP contribution in [0.2, 0.25) is 4.34 Å². The van der Waals surface area contributed by atoms with E-state index in [1.54, 1.807) is 19.1 Å². The van der Waals surface area contributed by atoms with E-state index in [4.69, 9.17) is 11.6 Å². The molecule has 0 spiro atoms. The number of thiophene rings is 1. The Kier molecular flexibility index (Phi) is 7.20. The molecule has 1 heterocycles. The van der Waals surface area contributed by atoms with Crippen LogP contribution in [0.1, 0.15) is 12.5 Å². The lowest BCUT2D eigenvalue weighted by Gasteiger charge is -2.24. The van der Waals surface area contributed by atoms with Crippen LogP contribution < -0.4 is 0 Å². The lowest BCUT2D eigenvalue weighted by atomic mass is 10.2. The van der Waals surface area contributed by atoms with Gasteiger partial charge in [0.25, 0.3) is 10.0 Å². The summed E-state index contributed by atoms with van der Waals surface area (Å²) >= 11 is 9.99. The molecular formula is C16H17BrClFN2O3S2. The van der Waals surface area contributed by atoms with Crippen LogP contribution in [0.3, 0.4) is 0 Å². The highest BCUT2D eigenvalue weighted by atomic mass is 79.9. The highest BCUT2D eigenvalue weighted by Crippen LogP contribution is 2.27. The molecule has 5 nitrogen and oxygen atoms in total. The highest BCUT2D eigenvalue weighted by Gasteiger charge is 2.26. The number of halogens is 3. The smallest absolute Gasteiger partial charge is 0.252 e. The Hall–Kier alpha value is -1.000. The number of amides is 1. The second kappa shape index (κ2) is 8.79. The normalized spacial score (nSPS) is 11.8. The molecule has 1 amide bonds. The highest BCUT2D eigenvalue weighted by molar-refractivity contribution is 9.10. The van der Waals surface area contributed by atoms with Gasteiger partial charge >= 0.3 is 0 Å². The first-order valence-corrected chi connectivity index (χ1v) is 11.0. The molecule has 0 aliphatic carbocycles. The van der Waals surface area contributed by atoms with Crippen molar-refractivity contribution in [3.05, 3.63) is 50.5 Å². The van der Waals surface area contributed by atoms with Gasteiger partial charge in [-0.15, -0.1) is 11.3 Å². The second-order valence-corrected chi connectivity index (χ2v) is 10.4. The number of carbonyl (C=O) groups is 1. The summed E-state index contributed by atoms with van der Waals surface area (Å²) in [5, 5.41) is 0. The van der Waals surface area contributed by atoms with Crippen LogP contribution in [-0.2, 0) is 21.4 Å². The summed E-state index contributed by atoms with van der Waals surface area (Å²) in [5.41, 5.74) is 0.352. The van der Waals surface area contributed by atoms with E-state index in [9.17, 15) is 17.6 Å². The Morgan fingerprint density at radius 3 is 2.58 bits per heavy atom. The van der Waals surface area contributed by atoms with Crippen LogP contribution in [0.15, 0.2) is 39.0 Å². The van der Waals surface area contributed by atoms with Crippen molar-refractivity contribution in [2.75, 3.05) is 20.1 Å². The number of nitrogens with zero attached hydrogens (tertiary/aromatic N) is 2. The van der Waals surface area contributed by atoms with E-state index in [-0.39, 0.29) is 17.3 Å². The summed E-state index contributed by atoms with van der Waals surface area (Å²) in [6, 6.07) is 7.37. The van der Waals surface area contributed by atoms with Gasteiger partial charge in [-0.2, -0.15) is 4.31 Å². The van der Waals surface area contributed by atoms with Gasteiger partial charge in [-0.3, -0.25) is 4.79 Å². The van der Waals surface area contributed by atoms with Crippen molar-refractivity contribution in [1.29, 1.82) is 0 Å². The van der Waals surface area contributed by atoms with Gasteiger partial charge in [0.2, 0.25) is 5.91 Å². The van der Waals surface area contributed by atoms with Gasteiger partial charge in [0, 0.05) is 30.2 Å². The van der Waals surface area contributed by atoms with E-state index in [1.807, 2.05) is 0 Å². The van der Waals surface area contributed by atoms with Crippen molar-refractivity contribution < 1.29 is 17.6 Å². The Morgan fingerprint density at radius 1 is 1.31 bits per heavy atom. The summed E-state index contributed by atoms with van der Waals surface area (Å²) in [7, 11) is -2.48. The Balaban J connectivity index is 2.12. The van der Waals surface area contributed by atoms with Gasteiger partial charge in [-0.05, 0) is 37.3 Å².